The number of nitrogens with zero attached hydrogens (tertiary/aromatic N) is 2. The van der Waals surface area contributed by atoms with E-state index in [-0.39, 0.29) is 11.2 Å². The zero-order valence-electron chi connectivity index (χ0n) is 6.18. The first-order valence-electron chi connectivity index (χ1n) is 3.36. The number of aromatic nitrogens is 3. The van der Waals surface area contributed by atoms with Crippen molar-refractivity contribution in [2.24, 2.45) is 0 Å². The molecule has 0 atom stereocenters. The normalized spacial score (nSPS) is 12.2. The minimum Gasteiger partial charge on any atom is -0.333 e. The fourth-order valence-electron chi connectivity index (χ4n) is 0.930. The van der Waals surface area contributed by atoms with Crippen LogP contribution in [0.5, 0.6) is 0 Å². The van der Waals surface area contributed by atoms with Crippen LogP contribution < -0.4 is 0 Å². The minimum absolute atomic E-state index is 0.0473. The third-order valence-corrected chi connectivity index (χ3v) is 1.47. The van der Waals surface area contributed by atoms with Crippen LogP contribution in [0.2, 0.25) is 0 Å². The zero-order valence-corrected chi connectivity index (χ0v) is 6.18. The molecule has 2 rings (SSSR count). The Hall–Kier alpha value is -1.59. The van der Waals surface area contributed by atoms with Crippen LogP contribution in [0, 0.1) is 6.07 Å². The molecule has 1 N–H and O–H groups in total. The van der Waals surface area contributed by atoms with Gasteiger partial charge >= 0.3 is 6.18 Å². The molecule has 0 bridgehead atoms. The average Bonchev–Trinajstić information content (AvgIpc) is 2.45. The van der Waals surface area contributed by atoms with Crippen molar-refractivity contribution in [1.29, 1.82) is 0 Å². The summed E-state index contributed by atoms with van der Waals surface area (Å²) in [6.07, 6.45) is -3.19. The lowest BCUT2D eigenvalue weighted by Gasteiger charge is -1.98. The fraction of sp³-hybridized carbons (Fsp3) is 0.143. The fourth-order valence-corrected chi connectivity index (χ4v) is 0.930. The third-order valence-electron chi connectivity index (χ3n) is 1.47. The first-order chi connectivity index (χ1) is 6.07. The monoisotopic (exact) mass is 186 g/mol. The van der Waals surface area contributed by atoms with Crippen LogP contribution in [0.25, 0.3) is 11.2 Å². The predicted molar refractivity (Wildman–Crippen MR) is 37.7 cm³/mol. The number of imidazole rings is 1. The van der Waals surface area contributed by atoms with Crippen molar-refractivity contribution in [1.82, 2.24) is 15.0 Å². The highest BCUT2D eigenvalue weighted by molar-refractivity contribution is 5.69. The molecule has 2 heterocycles. The summed E-state index contributed by atoms with van der Waals surface area (Å²) < 4.78 is 36.3. The molecular weight excluding hydrogens is 183 g/mol. The summed E-state index contributed by atoms with van der Waals surface area (Å²) in [5.41, 5.74) is 0.279. The lowest BCUT2D eigenvalue weighted by molar-refractivity contribution is -0.144. The molecule has 0 aliphatic heterocycles. The molecule has 2 aromatic heterocycles. The van der Waals surface area contributed by atoms with Gasteiger partial charge in [0.05, 0.1) is 5.52 Å². The molecule has 0 fully saturated rings. The van der Waals surface area contributed by atoms with E-state index in [1.165, 1.54) is 12.3 Å². The summed E-state index contributed by atoms with van der Waals surface area (Å²) in [6.45, 7) is 0. The van der Waals surface area contributed by atoms with Crippen LogP contribution in [-0.2, 0) is 6.18 Å². The summed E-state index contributed by atoms with van der Waals surface area (Å²) in [7, 11) is 0. The molecule has 2 aromatic rings. The number of hydrogen-bond acceptors (Lipinski definition) is 2. The third kappa shape index (κ3) is 1.34. The van der Waals surface area contributed by atoms with Gasteiger partial charge in [-0.3, -0.25) is 0 Å². The van der Waals surface area contributed by atoms with Gasteiger partial charge in [-0.05, 0) is 6.07 Å². The maximum absolute atomic E-state index is 12.1. The number of fused-ring (bicyclic) bond motifs is 1. The predicted octanol–water partition coefficient (Wildman–Crippen LogP) is 1.78. The van der Waals surface area contributed by atoms with E-state index in [4.69, 9.17) is 0 Å². The SMILES string of the molecule is FC(F)(F)c1nc2nc[c]cc2[nH]1. The van der Waals surface area contributed by atoms with Crippen molar-refractivity contribution in [2.75, 3.05) is 0 Å². The highest BCUT2D eigenvalue weighted by Gasteiger charge is 2.34. The number of aromatic amines is 1. The molecule has 1 radical (unpaired) electrons. The highest BCUT2D eigenvalue weighted by Crippen LogP contribution is 2.27. The molecule has 0 amide bonds. The molecule has 0 aliphatic carbocycles. The largest absolute Gasteiger partial charge is 0.449 e. The van der Waals surface area contributed by atoms with E-state index in [1.54, 1.807) is 0 Å². The van der Waals surface area contributed by atoms with Crippen LogP contribution in [-0.4, -0.2) is 15.0 Å². The molecule has 3 nitrogen and oxygen atoms in total. The van der Waals surface area contributed by atoms with E-state index in [0.717, 1.165) is 0 Å². The second kappa shape index (κ2) is 2.45. The number of hydrogen-bond donors (Lipinski definition) is 1. The smallest absolute Gasteiger partial charge is 0.333 e. The summed E-state index contributed by atoms with van der Waals surface area (Å²) in [6, 6.07) is 3.92. The van der Waals surface area contributed by atoms with Gasteiger partial charge in [0.2, 0.25) is 5.82 Å². The summed E-state index contributed by atoms with van der Waals surface area (Å²) in [5, 5.41) is 0. The average molecular weight is 186 g/mol. The van der Waals surface area contributed by atoms with E-state index in [2.05, 4.69) is 21.0 Å². The van der Waals surface area contributed by atoms with E-state index in [0.29, 0.717) is 0 Å². The van der Waals surface area contributed by atoms with E-state index in [1.807, 2.05) is 0 Å². The number of nitrogens with one attached hydrogen (secondary N) is 1. The lowest BCUT2D eigenvalue weighted by atomic mass is 10.4. The van der Waals surface area contributed by atoms with Gasteiger partial charge < -0.3 is 4.98 Å². The molecular formula is C7H3F3N3. The number of H-pyrrole nitrogens is 1. The molecule has 0 aliphatic rings. The second-order valence-corrected chi connectivity index (χ2v) is 2.39. The van der Waals surface area contributed by atoms with Crippen LogP contribution in [0.15, 0.2) is 12.3 Å². The van der Waals surface area contributed by atoms with Gasteiger partial charge in [0.25, 0.3) is 0 Å². The number of halogens is 3. The Kier molecular flexibility index (Phi) is 1.51. The van der Waals surface area contributed by atoms with Crippen molar-refractivity contribution in [3.05, 3.63) is 24.2 Å². The van der Waals surface area contributed by atoms with E-state index >= 15 is 0 Å². The van der Waals surface area contributed by atoms with Gasteiger partial charge in [0, 0.05) is 12.3 Å². The Bertz CT molecular complexity index is 399. The van der Waals surface area contributed by atoms with Gasteiger partial charge in [-0.25, -0.2) is 9.97 Å². The van der Waals surface area contributed by atoms with Gasteiger partial charge in [-0.1, -0.05) is 0 Å². The molecule has 0 saturated carbocycles. The van der Waals surface area contributed by atoms with Gasteiger partial charge in [0.15, 0.2) is 5.65 Å². The number of rotatable bonds is 0. The Balaban J connectivity index is 2.63. The van der Waals surface area contributed by atoms with Gasteiger partial charge in [0.1, 0.15) is 0 Å². The van der Waals surface area contributed by atoms with Crippen LogP contribution in [0.4, 0.5) is 13.2 Å². The molecule has 13 heavy (non-hydrogen) atoms. The van der Waals surface area contributed by atoms with Crippen LogP contribution >= 0.6 is 0 Å². The minimum atomic E-state index is -4.46. The van der Waals surface area contributed by atoms with Gasteiger partial charge in [-0.15, -0.1) is 0 Å². The standard InChI is InChI=1S/C7H3F3N3/c8-7(9,10)6-12-4-2-1-3-11-5(4)13-6/h2-3H,(H,11,12,13). The second-order valence-electron chi connectivity index (χ2n) is 2.39. The Morgan fingerprint density at radius 3 is 2.77 bits per heavy atom. The number of alkyl halides is 3. The number of pyridine rings is 1. The Morgan fingerprint density at radius 2 is 2.15 bits per heavy atom. The summed E-state index contributed by atoms with van der Waals surface area (Å²) >= 11 is 0. The Labute approximate surface area is 70.6 Å². The maximum Gasteiger partial charge on any atom is 0.449 e. The molecule has 6 heteroatoms. The Morgan fingerprint density at radius 1 is 1.38 bits per heavy atom. The van der Waals surface area contributed by atoms with Crippen molar-refractivity contribution in [2.45, 2.75) is 6.18 Å². The van der Waals surface area contributed by atoms with E-state index < -0.39 is 12.0 Å². The summed E-state index contributed by atoms with van der Waals surface area (Å²) in [4.78, 5) is 9.00. The molecule has 0 spiro atoms. The van der Waals surface area contributed by atoms with Crippen molar-refractivity contribution in [3.8, 4) is 0 Å². The van der Waals surface area contributed by atoms with E-state index in [9.17, 15) is 13.2 Å². The van der Waals surface area contributed by atoms with Crippen LogP contribution in [0.1, 0.15) is 5.82 Å². The van der Waals surface area contributed by atoms with Crippen LogP contribution in [0.3, 0.4) is 0 Å². The molecule has 0 unspecified atom stereocenters. The first-order valence-corrected chi connectivity index (χ1v) is 3.36. The molecule has 0 saturated heterocycles. The van der Waals surface area contributed by atoms with Gasteiger partial charge in [-0.2, -0.15) is 13.2 Å². The first kappa shape index (κ1) is 8.03. The molecule has 67 valence electrons. The highest BCUT2D eigenvalue weighted by atomic mass is 19.4. The topological polar surface area (TPSA) is 41.6 Å². The maximum atomic E-state index is 12.1. The molecule has 0 aromatic carbocycles. The van der Waals surface area contributed by atoms with Crippen molar-refractivity contribution < 1.29 is 13.2 Å². The van der Waals surface area contributed by atoms with Crippen molar-refractivity contribution >= 4 is 11.2 Å². The summed E-state index contributed by atoms with van der Waals surface area (Å²) in [5.74, 6) is -1.03. The lowest BCUT2D eigenvalue weighted by Crippen LogP contribution is -2.06. The quantitative estimate of drug-likeness (QED) is 0.681. The van der Waals surface area contributed by atoms with Crippen molar-refractivity contribution in [3.63, 3.8) is 0 Å². The zero-order chi connectivity index (χ0) is 9.47.